The molecule has 1 aliphatic carbocycles. The zero-order valence-corrected chi connectivity index (χ0v) is 20.4. The molecule has 3 fully saturated rings. The number of hydrogen-bond donors (Lipinski definition) is 2. The molecule has 2 atom stereocenters. The van der Waals surface area contributed by atoms with Crippen molar-refractivity contribution in [1.29, 1.82) is 0 Å². The first-order valence-electron chi connectivity index (χ1n) is 12.3. The maximum atomic E-state index is 15.3. The van der Waals surface area contributed by atoms with Crippen LogP contribution in [0.1, 0.15) is 57.4 Å². The molecule has 2 aromatic heterocycles. The molecule has 0 bridgehead atoms. The first kappa shape index (κ1) is 24.0. The van der Waals surface area contributed by atoms with Gasteiger partial charge in [-0.2, -0.15) is 4.98 Å². The van der Waals surface area contributed by atoms with E-state index in [0.717, 1.165) is 18.4 Å². The van der Waals surface area contributed by atoms with E-state index in [4.69, 9.17) is 5.73 Å². The largest absolute Gasteiger partial charge is 0.381 e. The first-order valence-corrected chi connectivity index (χ1v) is 12.3. The summed E-state index contributed by atoms with van der Waals surface area (Å²) in [7, 11) is 0. The maximum Gasteiger partial charge on any atom is 0.262 e. The highest BCUT2D eigenvalue weighted by molar-refractivity contribution is 5.69. The normalized spacial score (nSPS) is 24.7. The minimum absolute atomic E-state index is 0.0162. The van der Waals surface area contributed by atoms with Crippen LogP contribution in [0.2, 0.25) is 0 Å². The minimum Gasteiger partial charge on any atom is -0.381 e. The van der Waals surface area contributed by atoms with Gasteiger partial charge in [-0.05, 0) is 73.6 Å². The summed E-state index contributed by atoms with van der Waals surface area (Å²) in [4.78, 5) is 10.2. The van der Waals surface area contributed by atoms with Crippen molar-refractivity contribution in [3.05, 3.63) is 35.7 Å². The van der Waals surface area contributed by atoms with Crippen LogP contribution in [0.4, 0.5) is 29.3 Å². The van der Waals surface area contributed by atoms with Crippen LogP contribution in [0.3, 0.4) is 0 Å². The summed E-state index contributed by atoms with van der Waals surface area (Å²) in [6.45, 7) is 3.59. The number of aromatic nitrogens is 6. The number of halogens is 4. The Balaban J connectivity index is 1.34. The molecular formula is C24H27F4N9. The number of nitrogen functional groups attached to an aromatic ring is 1. The third-order valence-corrected chi connectivity index (χ3v) is 7.65. The molecule has 1 aromatic carbocycles. The van der Waals surface area contributed by atoms with E-state index in [0.29, 0.717) is 18.5 Å². The maximum absolute atomic E-state index is 15.3. The van der Waals surface area contributed by atoms with Gasteiger partial charge in [0.15, 0.2) is 11.6 Å². The highest BCUT2D eigenvalue weighted by Gasteiger charge is 2.53. The van der Waals surface area contributed by atoms with Gasteiger partial charge in [-0.15, -0.1) is 5.10 Å². The van der Waals surface area contributed by atoms with Crippen molar-refractivity contribution >= 4 is 11.8 Å². The smallest absolute Gasteiger partial charge is 0.262 e. The number of benzene rings is 1. The average Bonchev–Trinajstić information content (AvgIpc) is 3.41. The quantitative estimate of drug-likeness (QED) is 0.490. The first-order chi connectivity index (χ1) is 17.5. The van der Waals surface area contributed by atoms with E-state index >= 15 is 8.78 Å². The van der Waals surface area contributed by atoms with Crippen molar-refractivity contribution in [2.75, 3.05) is 17.6 Å². The van der Waals surface area contributed by atoms with Gasteiger partial charge in [0.1, 0.15) is 17.8 Å². The fourth-order valence-electron chi connectivity index (χ4n) is 5.90. The lowest BCUT2D eigenvalue weighted by atomic mass is 9.84. The van der Waals surface area contributed by atoms with E-state index in [9.17, 15) is 8.78 Å². The topological polar surface area (TPSA) is 111 Å². The highest BCUT2D eigenvalue weighted by atomic mass is 19.3. The zero-order chi connectivity index (χ0) is 26.1. The van der Waals surface area contributed by atoms with E-state index in [-0.39, 0.29) is 48.2 Å². The third kappa shape index (κ3) is 4.38. The van der Waals surface area contributed by atoms with Crippen LogP contribution in [-0.2, 0) is 0 Å². The van der Waals surface area contributed by atoms with Gasteiger partial charge in [-0.3, -0.25) is 4.90 Å². The number of tetrazole rings is 1. The molecule has 4 heterocycles. The molecule has 3 aromatic rings. The molecule has 37 heavy (non-hydrogen) atoms. The lowest BCUT2D eigenvalue weighted by Gasteiger charge is -2.47. The Bertz CT molecular complexity index is 1340. The molecule has 0 unspecified atom stereocenters. The fourth-order valence-corrected chi connectivity index (χ4v) is 5.90. The summed E-state index contributed by atoms with van der Waals surface area (Å²) in [6.07, 6.45) is 4.00. The van der Waals surface area contributed by atoms with Crippen molar-refractivity contribution in [2.24, 2.45) is 0 Å². The Morgan fingerprint density at radius 2 is 1.89 bits per heavy atom. The SMILES string of the molecule is CC1(C)C[C@@H](Nc2nc(N)c(F)c(-c3cc(-n4cnnn4)c(C4CC4)cc3F)n2)C[C@@H]2CC(F)(F)CN21. The molecule has 3 aliphatic rings. The van der Waals surface area contributed by atoms with Gasteiger partial charge in [-0.1, -0.05) is 0 Å². The van der Waals surface area contributed by atoms with Gasteiger partial charge < -0.3 is 11.1 Å². The van der Waals surface area contributed by atoms with Crippen LogP contribution in [0.15, 0.2) is 18.5 Å². The van der Waals surface area contributed by atoms with E-state index in [1.165, 1.54) is 23.1 Å². The van der Waals surface area contributed by atoms with E-state index in [1.807, 2.05) is 18.7 Å². The number of piperidine rings is 1. The Labute approximate surface area is 210 Å². The molecule has 3 N–H and O–H groups in total. The third-order valence-electron chi connectivity index (χ3n) is 7.65. The Hall–Kier alpha value is -3.35. The van der Waals surface area contributed by atoms with Gasteiger partial charge in [-0.25, -0.2) is 27.2 Å². The Kier molecular flexibility index (Phi) is 5.41. The number of nitrogens with zero attached hydrogens (tertiary/aromatic N) is 7. The van der Waals surface area contributed by atoms with Crippen molar-refractivity contribution in [2.45, 2.75) is 75.4 Å². The molecule has 13 heteroatoms. The van der Waals surface area contributed by atoms with Crippen molar-refractivity contribution < 1.29 is 17.6 Å². The van der Waals surface area contributed by atoms with Gasteiger partial charge in [0.25, 0.3) is 5.92 Å². The van der Waals surface area contributed by atoms with Crippen LogP contribution in [0.5, 0.6) is 0 Å². The van der Waals surface area contributed by atoms with Crippen LogP contribution in [0, 0.1) is 11.6 Å². The molecule has 0 radical (unpaired) electrons. The summed E-state index contributed by atoms with van der Waals surface area (Å²) in [5.41, 5.74) is 6.26. The van der Waals surface area contributed by atoms with Crippen LogP contribution in [-0.4, -0.2) is 65.2 Å². The van der Waals surface area contributed by atoms with Crippen molar-refractivity contribution in [3.63, 3.8) is 0 Å². The van der Waals surface area contributed by atoms with E-state index in [2.05, 4.69) is 30.8 Å². The van der Waals surface area contributed by atoms with Gasteiger partial charge in [0.2, 0.25) is 5.95 Å². The molecular weight excluding hydrogens is 490 g/mol. The molecule has 0 spiro atoms. The monoisotopic (exact) mass is 517 g/mol. The zero-order valence-electron chi connectivity index (χ0n) is 20.4. The molecule has 2 saturated heterocycles. The highest BCUT2D eigenvalue weighted by Crippen LogP contribution is 2.45. The Morgan fingerprint density at radius 3 is 2.59 bits per heavy atom. The van der Waals surface area contributed by atoms with Crippen LogP contribution >= 0.6 is 0 Å². The summed E-state index contributed by atoms with van der Waals surface area (Å²) in [6, 6.07) is 2.28. The second kappa shape index (κ2) is 8.33. The summed E-state index contributed by atoms with van der Waals surface area (Å²) >= 11 is 0. The van der Waals surface area contributed by atoms with E-state index < -0.39 is 28.9 Å². The standard InChI is InChI=1S/C24H27F4N9/c1-23(2)8-13(5-14-9-24(27,28)10-36(14)23)31-22-32-20(19(26)21(29)33-22)16-7-18(37-11-30-34-35-37)15(6-17(16)25)12-3-4-12/h6-7,11-14H,3-5,8-10H2,1-2H3,(H3,29,31,32,33)/t13-,14+/m0/s1. The molecule has 2 aliphatic heterocycles. The minimum atomic E-state index is -2.73. The molecule has 6 rings (SSSR count). The molecule has 1 saturated carbocycles. The predicted octanol–water partition coefficient (Wildman–Crippen LogP) is 3.92. The predicted molar refractivity (Wildman–Crippen MR) is 127 cm³/mol. The number of anilines is 2. The van der Waals surface area contributed by atoms with Crippen LogP contribution in [0.25, 0.3) is 16.9 Å². The molecule has 9 nitrogen and oxygen atoms in total. The van der Waals surface area contributed by atoms with Crippen molar-refractivity contribution in [1.82, 2.24) is 35.1 Å². The molecule has 196 valence electrons. The number of nitrogens with two attached hydrogens (primary N) is 1. The van der Waals surface area contributed by atoms with Crippen LogP contribution < -0.4 is 11.1 Å². The number of fused-ring (bicyclic) bond motifs is 1. The second-order valence-corrected chi connectivity index (χ2v) is 10.9. The lowest BCUT2D eigenvalue weighted by molar-refractivity contribution is -0.00687. The number of rotatable bonds is 5. The van der Waals surface area contributed by atoms with Gasteiger partial charge in [0.05, 0.1) is 12.2 Å². The number of alkyl halides is 2. The number of nitrogens with one attached hydrogen (secondary N) is 1. The van der Waals surface area contributed by atoms with Crippen molar-refractivity contribution in [3.8, 4) is 16.9 Å². The van der Waals surface area contributed by atoms with Gasteiger partial charge in [0, 0.05) is 29.6 Å². The van der Waals surface area contributed by atoms with E-state index in [1.54, 1.807) is 0 Å². The lowest BCUT2D eigenvalue weighted by Crippen LogP contribution is -2.55. The summed E-state index contributed by atoms with van der Waals surface area (Å²) in [5, 5.41) is 14.4. The van der Waals surface area contributed by atoms with Gasteiger partial charge >= 0.3 is 0 Å². The fraction of sp³-hybridized carbons (Fsp3) is 0.542. The second-order valence-electron chi connectivity index (χ2n) is 10.9. The average molecular weight is 518 g/mol. The summed E-state index contributed by atoms with van der Waals surface area (Å²) in [5.74, 6) is -4.57. The number of hydrogen-bond acceptors (Lipinski definition) is 8. The Morgan fingerprint density at radius 1 is 1.11 bits per heavy atom. The summed E-state index contributed by atoms with van der Waals surface area (Å²) < 4.78 is 60.2. The molecule has 0 amide bonds.